The number of benzene rings is 1. The molecule has 1 nitrogen and oxygen atoms in total. The summed E-state index contributed by atoms with van der Waals surface area (Å²) in [6, 6.07) is 4.64. The van der Waals surface area contributed by atoms with Gasteiger partial charge in [-0.05, 0) is 37.0 Å². The number of aryl methyl sites for hydroxylation is 1. The first-order valence-electron chi connectivity index (χ1n) is 5.94. The van der Waals surface area contributed by atoms with Crippen molar-refractivity contribution in [1.82, 2.24) is 5.32 Å². The average molecular weight is 261 g/mol. The highest BCUT2D eigenvalue weighted by atomic mass is 19.4. The molecule has 1 heterocycles. The molecule has 1 aromatic rings. The molecule has 1 N–H and O–H groups in total. The van der Waals surface area contributed by atoms with E-state index in [2.05, 4.69) is 5.32 Å². The van der Waals surface area contributed by atoms with Crippen LogP contribution in [0.5, 0.6) is 0 Å². The second-order valence-electron chi connectivity index (χ2n) is 4.79. The molecule has 2 atom stereocenters. The first-order valence-corrected chi connectivity index (χ1v) is 5.94. The summed E-state index contributed by atoms with van der Waals surface area (Å²) in [4.78, 5) is 0. The highest BCUT2D eigenvalue weighted by molar-refractivity contribution is 5.26. The summed E-state index contributed by atoms with van der Waals surface area (Å²) in [6.45, 7) is 1.57. The van der Waals surface area contributed by atoms with Gasteiger partial charge in [-0.15, -0.1) is 0 Å². The van der Waals surface area contributed by atoms with E-state index in [4.69, 9.17) is 0 Å². The molecule has 0 spiro atoms. The first kappa shape index (κ1) is 13.3. The van der Waals surface area contributed by atoms with Gasteiger partial charge in [0.15, 0.2) is 0 Å². The third-order valence-electron chi connectivity index (χ3n) is 3.48. The first-order chi connectivity index (χ1) is 8.38. The largest absolute Gasteiger partial charge is 0.393 e. The van der Waals surface area contributed by atoms with Crippen LogP contribution in [0.4, 0.5) is 17.6 Å². The minimum Gasteiger partial charge on any atom is -0.309 e. The van der Waals surface area contributed by atoms with E-state index in [1.807, 2.05) is 0 Å². The van der Waals surface area contributed by atoms with Gasteiger partial charge in [0.2, 0.25) is 0 Å². The smallest absolute Gasteiger partial charge is 0.309 e. The van der Waals surface area contributed by atoms with E-state index >= 15 is 0 Å². The molecule has 0 aromatic heterocycles. The Kier molecular flexibility index (Phi) is 3.61. The van der Waals surface area contributed by atoms with Crippen LogP contribution in [0.1, 0.15) is 30.0 Å². The molecule has 1 aliphatic rings. The Hall–Kier alpha value is -1.10. The summed E-state index contributed by atoms with van der Waals surface area (Å²) < 4.78 is 50.9. The summed E-state index contributed by atoms with van der Waals surface area (Å²) in [5.74, 6) is -1.60. The van der Waals surface area contributed by atoms with Crippen LogP contribution in [0, 0.1) is 18.7 Å². The van der Waals surface area contributed by atoms with Crippen LogP contribution >= 0.6 is 0 Å². The molecule has 1 aromatic carbocycles. The van der Waals surface area contributed by atoms with Crippen molar-refractivity contribution in [2.45, 2.75) is 32.0 Å². The molecule has 100 valence electrons. The lowest BCUT2D eigenvalue weighted by molar-refractivity contribution is -0.179. The number of halogens is 4. The van der Waals surface area contributed by atoms with E-state index in [1.165, 1.54) is 6.07 Å². The monoisotopic (exact) mass is 261 g/mol. The third kappa shape index (κ3) is 2.83. The molecule has 0 saturated carbocycles. The Morgan fingerprint density at radius 3 is 2.44 bits per heavy atom. The number of hydrogen-bond donors (Lipinski definition) is 1. The Labute approximate surface area is 103 Å². The lowest BCUT2D eigenvalue weighted by Crippen LogP contribution is -2.40. The molecule has 5 heteroatoms. The fourth-order valence-electron chi connectivity index (χ4n) is 2.25. The standard InChI is InChI=1S/C13H15F4N/c1-8-2-3-9(6-11(8)14)12-5-4-10(7-18-12)13(15,16)17/h2-3,6,10,12,18H,4-5,7H2,1H3. The SMILES string of the molecule is Cc1ccc(C2CCC(C(F)(F)F)CN2)cc1F. The quantitative estimate of drug-likeness (QED) is 0.759. The van der Waals surface area contributed by atoms with Crippen molar-refractivity contribution in [3.63, 3.8) is 0 Å². The molecule has 0 aliphatic carbocycles. The number of alkyl halides is 3. The predicted molar refractivity (Wildman–Crippen MR) is 60.7 cm³/mol. The number of rotatable bonds is 1. The summed E-state index contributed by atoms with van der Waals surface area (Å²) in [7, 11) is 0. The summed E-state index contributed by atoms with van der Waals surface area (Å²) in [5, 5.41) is 2.85. The van der Waals surface area contributed by atoms with Crippen molar-refractivity contribution in [1.29, 1.82) is 0 Å². The third-order valence-corrected chi connectivity index (χ3v) is 3.48. The van der Waals surface area contributed by atoms with Crippen LogP contribution in [0.2, 0.25) is 0 Å². The maximum Gasteiger partial charge on any atom is 0.393 e. The molecule has 0 radical (unpaired) electrons. The van der Waals surface area contributed by atoms with Crippen molar-refractivity contribution < 1.29 is 17.6 Å². The van der Waals surface area contributed by atoms with E-state index in [0.29, 0.717) is 12.0 Å². The van der Waals surface area contributed by atoms with Crippen LogP contribution in [-0.2, 0) is 0 Å². The minimum atomic E-state index is -4.14. The fourth-order valence-corrected chi connectivity index (χ4v) is 2.25. The van der Waals surface area contributed by atoms with Gasteiger partial charge in [0.05, 0.1) is 5.92 Å². The molecule has 18 heavy (non-hydrogen) atoms. The number of nitrogens with one attached hydrogen (secondary N) is 1. The van der Waals surface area contributed by atoms with Gasteiger partial charge in [-0.3, -0.25) is 0 Å². The van der Waals surface area contributed by atoms with Gasteiger partial charge in [-0.2, -0.15) is 13.2 Å². The van der Waals surface area contributed by atoms with Crippen LogP contribution in [-0.4, -0.2) is 12.7 Å². The lowest BCUT2D eigenvalue weighted by atomic mass is 9.90. The Morgan fingerprint density at radius 2 is 1.94 bits per heavy atom. The molecular formula is C13H15F4N. The topological polar surface area (TPSA) is 12.0 Å². The van der Waals surface area contributed by atoms with Gasteiger partial charge < -0.3 is 5.32 Å². The maximum absolute atomic E-state index is 13.4. The van der Waals surface area contributed by atoms with Gasteiger partial charge in [-0.25, -0.2) is 4.39 Å². The molecule has 1 fully saturated rings. The van der Waals surface area contributed by atoms with Gasteiger partial charge in [0, 0.05) is 12.6 Å². The van der Waals surface area contributed by atoms with E-state index in [-0.39, 0.29) is 24.8 Å². The summed E-state index contributed by atoms with van der Waals surface area (Å²) in [6.07, 6.45) is -3.67. The second kappa shape index (κ2) is 4.88. The molecule has 0 amide bonds. The van der Waals surface area contributed by atoms with Crippen LogP contribution in [0.15, 0.2) is 18.2 Å². The molecule has 2 unspecified atom stereocenters. The molecule has 0 bridgehead atoms. The Morgan fingerprint density at radius 1 is 1.22 bits per heavy atom. The molecule has 1 saturated heterocycles. The van der Waals surface area contributed by atoms with Crippen molar-refractivity contribution in [3.05, 3.63) is 35.1 Å². The van der Waals surface area contributed by atoms with Crippen LogP contribution < -0.4 is 5.32 Å². The number of hydrogen-bond acceptors (Lipinski definition) is 1. The zero-order chi connectivity index (χ0) is 13.3. The van der Waals surface area contributed by atoms with Crippen molar-refractivity contribution >= 4 is 0 Å². The highest BCUT2D eigenvalue weighted by Gasteiger charge is 2.41. The van der Waals surface area contributed by atoms with Crippen molar-refractivity contribution in [3.8, 4) is 0 Å². The van der Waals surface area contributed by atoms with E-state index in [1.54, 1.807) is 19.1 Å². The van der Waals surface area contributed by atoms with E-state index in [0.717, 1.165) is 5.56 Å². The summed E-state index contributed by atoms with van der Waals surface area (Å²) >= 11 is 0. The van der Waals surface area contributed by atoms with Gasteiger partial charge >= 0.3 is 6.18 Å². The van der Waals surface area contributed by atoms with Crippen molar-refractivity contribution in [2.75, 3.05) is 6.54 Å². The lowest BCUT2D eigenvalue weighted by Gasteiger charge is -2.31. The van der Waals surface area contributed by atoms with Gasteiger partial charge in [0.25, 0.3) is 0 Å². The zero-order valence-corrected chi connectivity index (χ0v) is 10.0. The fraction of sp³-hybridized carbons (Fsp3) is 0.538. The average Bonchev–Trinajstić information content (AvgIpc) is 2.32. The Bertz CT molecular complexity index is 419. The van der Waals surface area contributed by atoms with Crippen LogP contribution in [0.3, 0.4) is 0 Å². The highest BCUT2D eigenvalue weighted by Crippen LogP contribution is 2.35. The molecular weight excluding hydrogens is 246 g/mol. The number of piperidine rings is 1. The van der Waals surface area contributed by atoms with E-state index < -0.39 is 12.1 Å². The second-order valence-corrected chi connectivity index (χ2v) is 4.79. The Balaban J connectivity index is 2.03. The normalized spacial score (nSPS) is 25.2. The maximum atomic E-state index is 13.4. The van der Waals surface area contributed by atoms with Crippen LogP contribution in [0.25, 0.3) is 0 Å². The minimum absolute atomic E-state index is 0.0936. The molecule has 2 rings (SSSR count). The van der Waals surface area contributed by atoms with Gasteiger partial charge in [0.1, 0.15) is 5.82 Å². The van der Waals surface area contributed by atoms with Crippen molar-refractivity contribution in [2.24, 2.45) is 5.92 Å². The molecule has 1 aliphatic heterocycles. The zero-order valence-electron chi connectivity index (χ0n) is 10.0. The predicted octanol–water partition coefficient (Wildman–Crippen LogP) is 3.74. The van der Waals surface area contributed by atoms with Gasteiger partial charge in [-0.1, -0.05) is 12.1 Å². The summed E-state index contributed by atoms with van der Waals surface area (Å²) in [5.41, 5.74) is 1.27. The van der Waals surface area contributed by atoms with E-state index in [9.17, 15) is 17.6 Å².